The average molecular weight is 159 g/mol. The predicted octanol–water partition coefficient (Wildman–Crippen LogP) is -0.866. The van der Waals surface area contributed by atoms with Crippen molar-refractivity contribution in [3.05, 3.63) is 0 Å². The van der Waals surface area contributed by atoms with Gasteiger partial charge < -0.3 is 15.5 Å². The Hall–Kier alpha value is -1.10. The first-order valence-electron chi connectivity index (χ1n) is 3.32. The standard InChI is InChI=1S/C6H9NO4/c8-5(9)3-1-2-7-4(3)6(10)11/h3-4,7H,1-2H2,(H,8,9)(H,10,11)/t3?,4-/m0/s1. The van der Waals surface area contributed by atoms with Gasteiger partial charge in [0.1, 0.15) is 6.04 Å². The summed E-state index contributed by atoms with van der Waals surface area (Å²) >= 11 is 0. The van der Waals surface area contributed by atoms with E-state index in [9.17, 15) is 9.59 Å². The third kappa shape index (κ3) is 1.48. The molecule has 0 spiro atoms. The van der Waals surface area contributed by atoms with E-state index in [1.165, 1.54) is 0 Å². The van der Waals surface area contributed by atoms with Crippen LogP contribution in [0.25, 0.3) is 0 Å². The van der Waals surface area contributed by atoms with E-state index in [1.807, 2.05) is 0 Å². The van der Waals surface area contributed by atoms with Crippen LogP contribution in [0.3, 0.4) is 0 Å². The normalized spacial score (nSPS) is 30.2. The Kier molecular flexibility index (Phi) is 2.09. The predicted molar refractivity (Wildman–Crippen MR) is 35.2 cm³/mol. The van der Waals surface area contributed by atoms with Crippen LogP contribution in [0.2, 0.25) is 0 Å². The van der Waals surface area contributed by atoms with E-state index in [2.05, 4.69) is 5.32 Å². The van der Waals surface area contributed by atoms with Crippen molar-refractivity contribution in [3.8, 4) is 0 Å². The summed E-state index contributed by atoms with van der Waals surface area (Å²) in [6, 6.07) is -0.910. The fraction of sp³-hybridized carbons (Fsp3) is 0.667. The van der Waals surface area contributed by atoms with Crippen LogP contribution in [-0.4, -0.2) is 34.7 Å². The highest BCUT2D eigenvalue weighted by molar-refractivity contribution is 5.83. The zero-order valence-electron chi connectivity index (χ0n) is 5.78. The summed E-state index contributed by atoms with van der Waals surface area (Å²) in [7, 11) is 0. The van der Waals surface area contributed by atoms with Gasteiger partial charge in [-0.05, 0) is 13.0 Å². The number of carboxylic acids is 2. The lowest BCUT2D eigenvalue weighted by atomic mass is 10.0. The Morgan fingerprint density at radius 1 is 1.27 bits per heavy atom. The van der Waals surface area contributed by atoms with Gasteiger partial charge in [-0.1, -0.05) is 0 Å². The molecule has 0 aromatic carbocycles. The summed E-state index contributed by atoms with van der Waals surface area (Å²) in [4.78, 5) is 20.8. The lowest BCUT2D eigenvalue weighted by Gasteiger charge is -2.09. The van der Waals surface area contributed by atoms with E-state index in [4.69, 9.17) is 10.2 Å². The van der Waals surface area contributed by atoms with Crippen molar-refractivity contribution in [2.75, 3.05) is 6.54 Å². The van der Waals surface area contributed by atoms with Gasteiger partial charge in [-0.25, -0.2) is 0 Å². The lowest BCUT2D eigenvalue weighted by molar-refractivity contribution is -0.149. The molecule has 0 bridgehead atoms. The van der Waals surface area contributed by atoms with Gasteiger partial charge in [0, 0.05) is 0 Å². The Morgan fingerprint density at radius 3 is 2.27 bits per heavy atom. The highest BCUT2D eigenvalue weighted by atomic mass is 16.4. The molecule has 2 atom stereocenters. The summed E-state index contributed by atoms with van der Waals surface area (Å²) in [5.74, 6) is -2.90. The molecule has 1 fully saturated rings. The largest absolute Gasteiger partial charge is 0.481 e. The molecule has 0 aliphatic carbocycles. The van der Waals surface area contributed by atoms with Crippen LogP contribution in [0.4, 0.5) is 0 Å². The number of nitrogens with one attached hydrogen (secondary N) is 1. The molecule has 3 N–H and O–H groups in total. The third-order valence-electron chi connectivity index (χ3n) is 1.81. The van der Waals surface area contributed by atoms with Gasteiger partial charge in [-0.3, -0.25) is 9.59 Å². The molecule has 0 aromatic heterocycles. The minimum atomic E-state index is -1.09. The monoisotopic (exact) mass is 159 g/mol. The number of aliphatic carboxylic acids is 2. The summed E-state index contributed by atoms with van der Waals surface area (Å²) in [5, 5.41) is 19.6. The maximum atomic E-state index is 10.4. The first-order chi connectivity index (χ1) is 5.13. The van der Waals surface area contributed by atoms with E-state index < -0.39 is 23.9 Å². The topological polar surface area (TPSA) is 86.6 Å². The number of carbonyl (C=O) groups is 2. The number of hydrogen-bond acceptors (Lipinski definition) is 3. The van der Waals surface area contributed by atoms with Crippen LogP contribution in [0.1, 0.15) is 6.42 Å². The van der Waals surface area contributed by atoms with E-state index in [0.29, 0.717) is 13.0 Å². The fourth-order valence-electron chi connectivity index (χ4n) is 1.23. The minimum absolute atomic E-state index is 0.395. The molecular weight excluding hydrogens is 150 g/mol. The van der Waals surface area contributed by atoms with Gasteiger partial charge in [0.05, 0.1) is 5.92 Å². The highest BCUT2D eigenvalue weighted by Crippen LogP contribution is 2.15. The van der Waals surface area contributed by atoms with Gasteiger partial charge in [0.2, 0.25) is 0 Å². The van der Waals surface area contributed by atoms with Crippen molar-refractivity contribution < 1.29 is 19.8 Å². The zero-order chi connectivity index (χ0) is 8.43. The molecule has 1 saturated heterocycles. The Labute approximate surface area is 63.0 Å². The van der Waals surface area contributed by atoms with Crippen LogP contribution in [-0.2, 0) is 9.59 Å². The highest BCUT2D eigenvalue weighted by Gasteiger charge is 2.37. The van der Waals surface area contributed by atoms with E-state index in [1.54, 1.807) is 0 Å². The molecule has 62 valence electrons. The Balaban J connectivity index is 2.65. The first-order valence-corrected chi connectivity index (χ1v) is 3.32. The molecule has 1 aliphatic heterocycles. The number of hydrogen-bond donors (Lipinski definition) is 3. The number of carboxylic acid groups (broad SMARTS) is 2. The second-order valence-corrected chi connectivity index (χ2v) is 2.50. The van der Waals surface area contributed by atoms with Gasteiger partial charge in [0.15, 0.2) is 0 Å². The minimum Gasteiger partial charge on any atom is -0.481 e. The van der Waals surface area contributed by atoms with Crippen molar-refractivity contribution in [3.63, 3.8) is 0 Å². The zero-order valence-corrected chi connectivity index (χ0v) is 5.78. The molecule has 0 saturated carbocycles. The third-order valence-corrected chi connectivity index (χ3v) is 1.81. The molecule has 1 unspecified atom stereocenters. The van der Waals surface area contributed by atoms with Gasteiger partial charge in [0.25, 0.3) is 0 Å². The summed E-state index contributed by atoms with van der Waals surface area (Å²) in [5.41, 5.74) is 0. The van der Waals surface area contributed by atoms with E-state index in [0.717, 1.165) is 0 Å². The molecule has 1 aliphatic rings. The van der Waals surface area contributed by atoms with Gasteiger partial charge >= 0.3 is 11.9 Å². The molecule has 5 nitrogen and oxygen atoms in total. The Morgan fingerprint density at radius 2 is 1.91 bits per heavy atom. The van der Waals surface area contributed by atoms with E-state index in [-0.39, 0.29) is 0 Å². The van der Waals surface area contributed by atoms with Gasteiger partial charge in [-0.2, -0.15) is 0 Å². The second-order valence-electron chi connectivity index (χ2n) is 2.50. The SMILES string of the molecule is O=C(O)C1CCN[C@@H]1C(=O)O. The lowest BCUT2D eigenvalue weighted by Crippen LogP contribution is -2.38. The molecule has 1 rings (SSSR count). The van der Waals surface area contributed by atoms with Crippen LogP contribution in [0.5, 0.6) is 0 Å². The van der Waals surface area contributed by atoms with Crippen LogP contribution < -0.4 is 5.32 Å². The average Bonchev–Trinajstić information content (AvgIpc) is 2.32. The molecule has 0 amide bonds. The van der Waals surface area contributed by atoms with Gasteiger partial charge in [-0.15, -0.1) is 0 Å². The van der Waals surface area contributed by atoms with E-state index >= 15 is 0 Å². The molecule has 1 heterocycles. The van der Waals surface area contributed by atoms with Crippen LogP contribution in [0, 0.1) is 5.92 Å². The first kappa shape index (κ1) is 8.00. The summed E-state index contributed by atoms with van der Waals surface area (Å²) in [6.45, 7) is 0.466. The molecule has 5 heteroatoms. The van der Waals surface area contributed by atoms with Crippen LogP contribution in [0.15, 0.2) is 0 Å². The van der Waals surface area contributed by atoms with Crippen molar-refractivity contribution in [2.24, 2.45) is 5.92 Å². The maximum absolute atomic E-state index is 10.4. The molecular formula is C6H9NO4. The number of rotatable bonds is 2. The molecule has 0 radical (unpaired) electrons. The van der Waals surface area contributed by atoms with Crippen molar-refractivity contribution in [1.29, 1.82) is 0 Å². The van der Waals surface area contributed by atoms with Crippen molar-refractivity contribution >= 4 is 11.9 Å². The summed E-state index contributed by atoms with van der Waals surface area (Å²) < 4.78 is 0. The second kappa shape index (κ2) is 2.87. The van der Waals surface area contributed by atoms with Crippen molar-refractivity contribution in [1.82, 2.24) is 5.32 Å². The fourth-order valence-corrected chi connectivity index (χ4v) is 1.23. The quantitative estimate of drug-likeness (QED) is 0.487. The molecule has 11 heavy (non-hydrogen) atoms. The summed E-state index contributed by atoms with van der Waals surface area (Å²) in [6.07, 6.45) is 0.395. The maximum Gasteiger partial charge on any atom is 0.321 e. The smallest absolute Gasteiger partial charge is 0.321 e. The Bertz CT molecular complexity index is 171. The van der Waals surface area contributed by atoms with Crippen LogP contribution >= 0.6 is 0 Å². The van der Waals surface area contributed by atoms with Crippen molar-refractivity contribution in [2.45, 2.75) is 12.5 Å². The molecule has 0 aromatic rings.